The van der Waals surface area contributed by atoms with Gasteiger partial charge in [0.1, 0.15) is 0 Å². The molecule has 0 aromatic heterocycles. The van der Waals surface area contributed by atoms with Crippen molar-refractivity contribution in [3.8, 4) is 0 Å². The Bertz CT molecular complexity index is 772. The van der Waals surface area contributed by atoms with Crippen LogP contribution in [0.4, 0.5) is 11.4 Å². The molecular weight excluding hydrogens is 328 g/mol. The number of hydrogen-bond donors (Lipinski definition) is 3. The number of rotatable bonds is 4. The van der Waals surface area contributed by atoms with Crippen LogP contribution in [0.2, 0.25) is 0 Å². The molecule has 1 aliphatic heterocycles. The Kier molecular flexibility index (Phi) is 4.66. The third kappa shape index (κ3) is 3.20. The first-order valence-corrected chi connectivity index (χ1v) is 9.16. The molecule has 2 aromatic rings. The lowest BCUT2D eigenvalue weighted by molar-refractivity contribution is -0.145. The summed E-state index contributed by atoms with van der Waals surface area (Å²) in [7, 11) is 0. The second-order valence-corrected chi connectivity index (χ2v) is 7.19. The van der Waals surface area contributed by atoms with E-state index in [4.69, 9.17) is 4.74 Å². The van der Waals surface area contributed by atoms with Crippen molar-refractivity contribution in [3.05, 3.63) is 60.2 Å². The van der Waals surface area contributed by atoms with Gasteiger partial charge in [-0.25, -0.2) is 0 Å². The summed E-state index contributed by atoms with van der Waals surface area (Å²) in [4.78, 5) is 12.7. The molecule has 1 aliphatic carbocycles. The maximum atomic E-state index is 12.7. The molecule has 1 amide bonds. The van der Waals surface area contributed by atoms with Crippen molar-refractivity contribution in [2.24, 2.45) is 5.41 Å². The van der Waals surface area contributed by atoms with Gasteiger partial charge in [0, 0.05) is 41.6 Å². The SMILES string of the molecule is O=C(N[C@@H]1C[C@@H](O)C12CCOCC2)c1cccc(Nc2ccccc2)c1. The Balaban J connectivity index is 1.44. The van der Waals surface area contributed by atoms with E-state index in [1.165, 1.54) is 0 Å². The fraction of sp³-hybridized carbons (Fsp3) is 0.381. The van der Waals surface area contributed by atoms with Crippen LogP contribution >= 0.6 is 0 Å². The predicted molar refractivity (Wildman–Crippen MR) is 101 cm³/mol. The number of ether oxygens (including phenoxy) is 1. The van der Waals surface area contributed by atoms with Crippen molar-refractivity contribution in [1.29, 1.82) is 0 Å². The molecule has 5 nitrogen and oxygen atoms in total. The average Bonchev–Trinajstić information content (AvgIpc) is 2.69. The van der Waals surface area contributed by atoms with Crippen LogP contribution in [0.3, 0.4) is 0 Å². The average molecular weight is 352 g/mol. The van der Waals surface area contributed by atoms with Gasteiger partial charge < -0.3 is 20.5 Å². The molecule has 2 aromatic carbocycles. The van der Waals surface area contributed by atoms with Crippen LogP contribution in [0.1, 0.15) is 29.6 Å². The Hall–Kier alpha value is -2.37. The van der Waals surface area contributed by atoms with Crippen LogP contribution in [0.5, 0.6) is 0 Å². The van der Waals surface area contributed by atoms with E-state index < -0.39 is 0 Å². The molecule has 3 N–H and O–H groups in total. The summed E-state index contributed by atoms with van der Waals surface area (Å²) in [6, 6.07) is 17.4. The molecule has 0 unspecified atom stereocenters. The van der Waals surface area contributed by atoms with Gasteiger partial charge >= 0.3 is 0 Å². The van der Waals surface area contributed by atoms with E-state index in [9.17, 15) is 9.90 Å². The highest BCUT2D eigenvalue weighted by Crippen LogP contribution is 2.49. The van der Waals surface area contributed by atoms with Crippen molar-refractivity contribution in [3.63, 3.8) is 0 Å². The van der Waals surface area contributed by atoms with Crippen LogP contribution in [-0.4, -0.2) is 36.4 Å². The molecule has 1 saturated carbocycles. The smallest absolute Gasteiger partial charge is 0.251 e. The van der Waals surface area contributed by atoms with Crippen LogP contribution in [-0.2, 0) is 4.74 Å². The Morgan fingerprint density at radius 3 is 2.50 bits per heavy atom. The third-order valence-electron chi connectivity index (χ3n) is 5.73. The molecular formula is C21H24N2O3. The molecule has 2 fully saturated rings. The second-order valence-electron chi connectivity index (χ2n) is 7.19. The maximum absolute atomic E-state index is 12.7. The van der Waals surface area contributed by atoms with Gasteiger partial charge in [0.05, 0.1) is 6.10 Å². The number of hydrogen-bond acceptors (Lipinski definition) is 4. The lowest BCUT2D eigenvalue weighted by atomic mass is 9.58. The number of carbonyl (C=O) groups excluding carboxylic acids is 1. The minimum atomic E-state index is -0.345. The molecule has 2 aliphatic rings. The Labute approximate surface area is 153 Å². The number of para-hydroxylation sites is 1. The van der Waals surface area contributed by atoms with Crippen LogP contribution in [0, 0.1) is 5.41 Å². The first-order valence-electron chi connectivity index (χ1n) is 9.16. The van der Waals surface area contributed by atoms with E-state index in [-0.39, 0.29) is 23.5 Å². The zero-order valence-electron chi connectivity index (χ0n) is 14.7. The lowest BCUT2D eigenvalue weighted by Crippen LogP contribution is -2.65. The van der Waals surface area contributed by atoms with Crippen molar-refractivity contribution in [2.75, 3.05) is 18.5 Å². The van der Waals surface area contributed by atoms with Gasteiger partial charge in [0.15, 0.2) is 0 Å². The van der Waals surface area contributed by atoms with E-state index in [2.05, 4.69) is 10.6 Å². The minimum Gasteiger partial charge on any atom is -0.392 e. The zero-order valence-corrected chi connectivity index (χ0v) is 14.7. The molecule has 0 bridgehead atoms. The van der Waals surface area contributed by atoms with Crippen molar-refractivity contribution >= 4 is 17.3 Å². The van der Waals surface area contributed by atoms with E-state index >= 15 is 0 Å². The largest absolute Gasteiger partial charge is 0.392 e. The second kappa shape index (κ2) is 7.09. The van der Waals surface area contributed by atoms with Crippen molar-refractivity contribution in [1.82, 2.24) is 5.32 Å². The molecule has 1 spiro atoms. The first kappa shape index (κ1) is 17.1. The van der Waals surface area contributed by atoms with Gasteiger partial charge in [0.2, 0.25) is 0 Å². The summed E-state index contributed by atoms with van der Waals surface area (Å²) in [5, 5.41) is 16.7. The highest BCUT2D eigenvalue weighted by atomic mass is 16.5. The number of benzene rings is 2. The topological polar surface area (TPSA) is 70.6 Å². The highest BCUT2D eigenvalue weighted by molar-refractivity contribution is 5.95. The quantitative estimate of drug-likeness (QED) is 0.791. The number of anilines is 2. The van der Waals surface area contributed by atoms with Crippen molar-refractivity contribution < 1.29 is 14.6 Å². The third-order valence-corrected chi connectivity index (χ3v) is 5.73. The standard InChI is InChI=1S/C21H24N2O3/c24-19-14-18(21(19)9-11-26-12-10-21)23-20(25)15-5-4-8-17(13-15)22-16-6-2-1-3-7-16/h1-8,13,18-19,22,24H,9-12,14H2,(H,23,25)/t18-,19-/m1/s1. The van der Waals surface area contributed by atoms with Crippen LogP contribution in [0.25, 0.3) is 0 Å². The molecule has 1 saturated heterocycles. The zero-order chi connectivity index (χ0) is 18.0. The Morgan fingerprint density at radius 1 is 1.04 bits per heavy atom. The fourth-order valence-corrected chi connectivity index (χ4v) is 4.07. The van der Waals surface area contributed by atoms with Gasteiger partial charge in [-0.15, -0.1) is 0 Å². The molecule has 1 heterocycles. The Morgan fingerprint density at radius 2 is 1.77 bits per heavy atom. The van der Waals surface area contributed by atoms with E-state index in [0.29, 0.717) is 25.2 Å². The summed E-state index contributed by atoms with van der Waals surface area (Å²) < 4.78 is 5.43. The predicted octanol–water partition coefficient (Wildman–Crippen LogP) is 3.09. The van der Waals surface area contributed by atoms with Gasteiger partial charge in [-0.3, -0.25) is 4.79 Å². The van der Waals surface area contributed by atoms with E-state index in [1.54, 1.807) is 0 Å². The number of carbonyl (C=O) groups is 1. The van der Waals surface area contributed by atoms with Crippen LogP contribution in [0.15, 0.2) is 54.6 Å². The molecule has 2 atom stereocenters. The monoisotopic (exact) mass is 352 g/mol. The van der Waals surface area contributed by atoms with Crippen LogP contribution < -0.4 is 10.6 Å². The summed E-state index contributed by atoms with van der Waals surface area (Å²) in [6.45, 7) is 1.31. The fourth-order valence-electron chi connectivity index (χ4n) is 4.07. The van der Waals surface area contributed by atoms with Crippen molar-refractivity contribution in [2.45, 2.75) is 31.4 Å². The molecule has 26 heavy (non-hydrogen) atoms. The number of amides is 1. The number of aliphatic hydroxyl groups excluding tert-OH is 1. The molecule has 0 radical (unpaired) electrons. The summed E-state index contributed by atoms with van der Waals surface area (Å²) in [6.07, 6.45) is 1.87. The molecule has 4 rings (SSSR count). The minimum absolute atomic E-state index is 0.0136. The summed E-state index contributed by atoms with van der Waals surface area (Å²) >= 11 is 0. The maximum Gasteiger partial charge on any atom is 0.251 e. The normalized spacial score (nSPS) is 23.9. The van der Waals surface area contributed by atoms with Gasteiger partial charge in [-0.05, 0) is 49.6 Å². The van der Waals surface area contributed by atoms with Gasteiger partial charge in [-0.2, -0.15) is 0 Å². The highest BCUT2D eigenvalue weighted by Gasteiger charge is 2.55. The van der Waals surface area contributed by atoms with E-state index in [0.717, 1.165) is 24.2 Å². The first-order chi connectivity index (χ1) is 12.7. The molecule has 136 valence electrons. The summed E-state index contributed by atoms with van der Waals surface area (Å²) in [5.74, 6) is -0.0931. The van der Waals surface area contributed by atoms with E-state index in [1.807, 2.05) is 54.6 Å². The molecule has 5 heteroatoms. The lowest BCUT2D eigenvalue weighted by Gasteiger charge is -2.55. The number of nitrogens with one attached hydrogen (secondary N) is 2. The summed E-state index contributed by atoms with van der Waals surface area (Å²) in [5.41, 5.74) is 2.26. The van der Waals surface area contributed by atoms with Gasteiger partial charge in [-0.1, -0.05) is 24.3 Å². The number of aliphatic hydroxyl groups is 1. The van der Waals surface area contributed by atoms with Gasteiger partial charge in [0.25, 0.3) is 5.91 Å².